The SMILES string of the molecule is CCNCc1cnccc1N1CCC=C(C)C1. The molecule has 0 aromatic carbocycles. The van der Waals surface area contributed by atoms with Crippen molar-refractivity contribution in [1.29, 1.82) is 0 Å². The zero-order valence-electron chi connectivity index (χ0n) is 10.7. The molecule has 0 aliphatic carbocycles. The smallest absolute Gasteiger partial charge is 0.0445 e. The average Bonchev–Trinajstić information content (AvgIpc) is 2.37. The highest BCUT2D eigenvalue weighted by molar-refractivity contribution is 5.53. The highest BCUT2D eigenvalue weighted by Gasteiger charge is 2.13. The van der Waals surface area contributed by atoms with E-state index in [9.17, 15) is 0 Å². The Morgan fingerprint density at radius 2 is 2.35 bits per heavy atom. The Morgan fingerprint density at radius 3 is 3.12 bits per heavy atom. The Bertz CT molecular complexity index is 398. The van der Waals surface area contributed by atoms with E-state index in [1.807, 2.05) is 12.4 Å². The summed E-state index contributed by atoms with van der Waals surface area (Å²) in [5.74, 6) is 0. The Balaban J connectivity index is 2.16. The van der Waals surface area contributed by atoms with Crippen molar-refractivity contribution in [1.82, 2.24) is 10.3 Å². The summed E-state index contributed by atoms with van der Waals surface area (Å²) in [5.41, 5.74) is 4.08. The summed E-state index contributed by atoms with van der Waals surface area (Å²) in [4.78, 5) is 6.68. The van der Waals surface area contributed by atoms with Crippen molar-refractivity contribution < 1.29 is 0 Å². The predicted molar refractivity (Wildman–Crippen MR) is 72.2 cm³/mol. The Labute approximate surface area is 104 Å². The second-order valence-corrected chi connectivity index (χ2v) is 4.55. The van der Waals surface area contributed by atoms with E-state index < -0.39 is 0 Å². The van der Waals surface area contributed by atoms with Crippen LogP contribution in [0.3, 0.4) is 0 Å². The first-order chi connectivity index (χ1) is 8.31. The Kier molecular flexibility index (Phi) is 4.15. The van der Waals surface area contributed by atoms with Crippen molar-refractivity contribution in [2.45, 2.75) is 26.8 Å². The number of hydrogen-bond donors (Lipinski definition) is 1. The van der Waals surface area contributed by atoms with E-state index in [-0.39, 0.29) is 0 Å². The van der Waals surface area contributed by atoms with Gasteiger partial charge >= 0.3 is 0 Å². The summed E-state index contributed by atoms with van der Waals surface area (Å²) in [6, 6.07) is 2.13. The molecular weight excluding hydrogens is 210 g/mol. The number of pyridine rings is 1. The normalized spacial score (nSPS) is 15.9. The number of nitrogens with one attached hydrogen (secondary N) is 1. The van der Waals surface area contributed by atoms with E-state index in [4.69, 9.17) is 0 Å². The lowest BCUT2D eigenvalue weighted by atomic mass is 10.1. The summed E-state index contributed by atoms with van der Waals surface area (Å²) in [6.07, 6.45) is 7.35. The van der Waals surface area contributed by atoms with Gasteiger partial charge in [0.1, 0.15) is 0 Å². The summed E-state index contributed by atoms with van der Waals surface area (Å²) < 4.78 is 0. The van der Waals surface area contributed by atoms with Crippen LogP contribution in [0.4, 0.5) is 5.69 Å². The molecule has 1 N–H and O–H groups in total. The molecule has 1 aliphatic rings. The first kappa shape index (κ1) is 12.1. The van der Waals surface area contributed by atoms with Crippen molar-refractivity contribution in [2.75, 3.05) is 24.5 Å². The molecule has 0 saturated carbocycles. The maximum Gasteiger partial charge on any atom is 0.0445 e. The molecular formula is C14H21N3. The summed E-state index contributed by atoms with van der Waals surface area (Å²) in [6.45, 7) is 8.39. The first-order valence-electron chi connectivity index (χ1n) is 6.35. The van der Waals surface area contributed by atoms with Crippen LogP contribution in [0.5, 0.6) is 0 Å². The van der Waals surface area contributed by atoms with Crippen LogP contribution in [0, 0.1) is 0 Å². The zero-order valence-corrected chi connectivity index (χ0v) is 10.7. The van der Waals surface area contributed by atoms with E-state index in [1.54, 1.807) is 0 Å². The highest BCUT2D eigenvalue weighted by Crippen LogP contribution is 2.23. The van der Waals surface area contributed by atoms with Crippen molar-refractivity contribution in [3.8, 4) is 0 Å². The van der Waals surface area contributed by atoms with Gasteiger partial charge in [-0.15, -0.1) is 0 Å². The fourth-order valence-corrected chi connectivity index (χ4v) is 2.24. The molecule has 1 aliphatic heterocycles. The second kappa shape index (κ2) is 5.82. The lowest BCUT2D eigenvalue weighted by Crippen LogP contribution is -2.30. The van der Waals surface area contributed by atoms with Crippen molar-refractivity contribution in [3.63, 3.8) is 0 Å². The lowest BCUT2D eigenvalue weighted by molar-refractivity contribution is 0.713. The van der Waals surface area contributed by atoms with Gasteiger partial charge in [0.05, 0.1) is 0 Å². The minimum absolute atomic E-state index is 0.902. The Hall–Kier alpha value is -1.35. The van der Waals surface area contributed by atoms with Crippen molar-refractivity contribution in [2.24, 2.45) is 0 Å². The molecule has 17 heavy (non-hydrogen) atoms. The van der Waals surface area contributed by atoms with E-state index in [1.165, 1.54) is 16.8 Å². The zero-order chi connectivity index (χ0) is 12.1. The minimum Gasteiger partial charge on any atom is -0.367 e. The number of nitrogens with zero attached hydrogens (tertiary/aromatic N) is 2. The standard InChI is InChI=1S/C14H21N3/c1-3-15-9-13-10-16-7-6-14(13)17-8-4-5-12(2)11-17/h5-7,10,15H,3-4,8-9,11H2,1-2H3. The van der Waals surface area contributed by atoms with E-state index in [2.05, 4.69) is 41.2 Å². The van der Waals surface area contributed by atoms with Gasteiger partial charge in [0.25, 0.3) is 0 Å². The van der Waals surface area contributed by atoms with Crippen LogP contribution >= 0.6 is 0 Å². The van der Waals surface area contributed by atoms with E-state index in [0.717, 1.165) is 32.6 Å². The summed E-state index contributed by atoms with van der Waals surface area (Å²) in [5, 5.41) is 3.37. The van der Waals surface area contributed by atoms with Gasteiger partial charge in [0.2, 0.25) is 0 Å². The third kappa shape index (κ3) is 3.07. The predicted octanol–water partition coefficient (Wildman–Crippen LogP) is 2.35. The number of rotatable bonds is 4. The maximum absolute atomic E-state index is 4.23. The Morgan fingerprint density at radius 1 is 1.47 bits per heavy atom. The van der Waals surface area contributed by atoms with Crippen LogP contribution in [0.2, 0.25) is 0 Å². The van der Waals surface area contributed by atoms with Crippen LogP contribution in [0.1, 0.15) is 25.8 Å². The molecule has 0 bridgehead atoms. The topological polar surface area (TPSA) is 28.2 Å². The third-order valence-corrected chi connectivity index (χ3v) is 3.12. The van der Waals surface area contributed by atoms with Gasteiger partial charge in [0, 0.05) is 43.3 Å². The molecule has 1 aromatic heterocycles. The average molecular weight is 231 g/mol. The quantitative estimate of drug-likeness (QED) is 0.806. The number of hydrogen-bond acceptors (Lipinski definition) is 3. The monoisotopic (exact) mass is 231 g/mol. The fraction of sp³-hybridized carbons (Fsp3) is 0.500. The first-order valence-corrected chi connectivity index (χ1v) is 6.35. The molecule has 0 unspecified atom stereocenters. The second-order valence-electron chi connectivity index (χ2n) is 4.55. The van der Waals surface area contributed by atoms with Crippen LogP contribution in [0.25, 0.3) is 0 Å². The molecule has 0 radical (unpaired) electrons. The van der Waals surface area contributed by atoms with Gasteiger partial charge < -0.3 is 10.2 Å². The fourth-order valence-electron chi connectivity index (χ4n) is 2.24. The molecule has 3 heteroatoms. The van der Waals surface area contributed by atoms with Gasteiger partial charge in [-0.05, 0) is 26.0 Å². The van der Waals surface area contributed by atoms with Crippen LogP contribution in [-0.2, 0) is 6.54 Å². The van der Waals surface area contributed by atoms with Crippen LogP contribution in [0.15, 0.2) is 30.1 Å². The maximum atomic E-state index is 4.23. The van der Waals surface area contributed by atoms with Crippen molar-refractivity contribution >= 4 is 5.69 Å². The lowest BCUT2D eigenvalue weighted by Gasteiger charge is -2.30. The molecule has 3 nitrogen and oxygen atoms in total. The van der Waals surface area contributed by atoms with Gasteiger partial charge in [-0.3, -0.25) is 4.98 Å². The van der Waals surface area contributed by atoms with Gasteiger partial charge in [-0.2, -0.15) is 0 Å². The molecule has 0 fully saturated rings. The molecule has 1 aromatic rings. The van der Waals surface area contributed by atoms with Gasteiger partial charge in [0.15, 0.2) is 0 Å². The molecule has 0 spiro atoms. The van der Waals surface area contributed by atoms with Crippen molar-refractivity contribution in [3.05, 3.63) is 35.7 Å². The largest absolute Gasteiger partial charge is 0.367 e. The third-order valence-electron chi connectivity index (χ3n) is 3.12. The molecule has 92 valence electrons. The summed E-state index contributed by atoms with van der Waals surface area (Å²) in [7, 11) is 0. The molecule has 0 amide bonds. The minimum atomic E-state index is 0.902. The summed E-state index contributed by atoms with van der Waals surface area (Å²) >= 11 is 0. The highest BCUT2D eigenvalue weighted by atomic mass is 15.1. The molecule has 2 heterocycles. The van der Waals surface area contributed by atoms with E-state index in [0.29, 0.717) is 0 Å². The van der Waals surface area contributed by atoms with Gasteiger partial charge in [-0.1, -0.05) is 18.6 Å². The van der Waals surface area contributed by atoms with E-state index >= 15 is 0 Å². The molecule has 0 saturated heterocycles. The van der Waals surface area contributed by atoms with Gasteiger partial charge in [-0.25, -0.2) is 0 Å². The number of anilines is 1. The van der Waals surface area contributed by atoms with Crippen LogP contribution in [-0.4, -0.2) is 24.6 Å². The molecule has 0 atom stereocenters. The van der Waals surface area contributed by atoms with Crippen LogP contribution < -0.4 is 10.2 Å². The number of aromatic nitrogens is 1. The molecule has 2 rings (SSSR count).